The predicted octanol–water partition coefficient (Wildman–Crippen LogP) is 6.73. The van der Waals surface area contributed by atoms with E-state index in [4.69, 9.17) is 21.4 Å². The lowest BCUT2D eigenvalue weighted by Crippen LogP contribution is -2.27. The smallest absolute Gasteiger partial charge is 0.418 e. The molecule has 11 heteroatoms. The minimum Gasteiger partial charge on any atom is -0.481 e. The summed E-state index contributed by atoms with van der Waals surface area (Å²) in [7, 11) is 0. The molecule has 0 saturated heterocycles. The Labute approximate surface area is 192 Å². The molecule has 33 heavy (non-hydrogen) atoms. The molecule has 3 N–H and O–H groups in total. The molecule has 0 saturated carbocycles. The van der Waals surface area contributed by atoms with Gasteiger partial charge in [0.05, 0.1) is 12.1 Å². The van der Waals surface area contributed by atoms with E-state index in [0.717, 1.165) is 12.1 Å². The van der Waals surface area contributed by atoms with Crippen molar-refractivity contribution in [3.05, 3.63) is 58.4 Å². The number of amides is 2. The summed E-state index contributed by atoms with van der Waals surface area (Å²) in [6.45, 7) is 2.89. The van der Waals surface area contributed by atoms with Crippen LogP contribution in [-0.4, -0.2) is 29.9 Å². The van der Waals surface area contributed by atoms with E-state index in [9.17, 15) is 27.2 Å². The standard InChI is InChI=1S/C22H23ClF4N2O4/c1-3-12(10-19(30)31)13-5-7-15(20(33-4-2)22(25,26)27)18(9-13)29-21(32)28-17-8-6-14(23)11-16(17)24/h5-9,11-12,20H,3-4,10H2,1-2H3,(H,30,31)(H2,28,29,32)/t12-,20-/m0/s1. The average molecular weight is 491 g/mol. The maximum atomic E-state index is 14.0. The van der Waals surface area contributed by atoms with Gasteiger partial charge in [-0.15, -0.1) is 0 Å². The van der Waals surface area contributed by atoms with Crippen LogP contribution in [0, 0.1) is 5.82 Å². The van der Waals surface area contributed by atoms with E-state index in [-0.39, 0.29) is 35.0 Å². The zero-order valence-corrected chi connectivity index (χ0v) is 18.6. The van der Waals surface area contributed by atoms with Crippen molar-refractivity contribution in [1.29, 1.82) is 0 Å². The molecule has 0 unspecified atom stereocenters. The Kier molecular flexibility index (Phi) is 9.07. The molecule has 0 spiro atoms. The van der Waals surface area contributed by atoms with Crippen LogP contribution in [0.25, 0.3) is 0 Å². The lowest BCUT2D eigenvalue weighted by molar-refractivity contribution is -0.222. The highest BCUT2D eigenvalue weighted by atomic mass is 35.5. The van der Waals surface area contributed by atoms with Crippen LogP contribution in [0.2, 0.25) is 5.02 Å². The number of carbonyl (C=O) groups is 2. The highest BCUT2D eigenvalue weighted by Gasteiger charge is 2.43. The Hall–Kier alpha value is -2.85. The Morgan fingerprint density at radius 2 is 1.76 bits per heavy atom. The summed E-state index contributed by atoms with van der Waals surface area (Å²) in [5.41, 5.74) is -0.415. The zero-order valence-electron chi connectivity index (χ0n) is 17.8. The minimum atomic E-state index is -4.78. The van der Waals surface area contributed by atoms with E-state index in [1.807, 2.05) is 0 Å². The van der Waals surface area contributed by atoms with Crippen LogP contribution in [0.5, 0.6) is 0 Å². The van der Waals surface area contributed by atoms with Gasteiger partial charge in [-0.1, -0.05) is 30.7 Å². The van der Waals surface area contributed by atoms with Crippen molar-refractivity contribution < 1.29 is 37.0 Å². The van der Waals surface area contributed by atoms with Crippen molar-refractivity contribution in [2.24, 2.45) is 0 Å². The Balaban J connectivity index is 2.46. The highest BCUT2D eigenvalue weighted by molar-refractivity contribution is 6.30. The molecule has 2 atom stereocenters. The van der Waals surface area contributed by atoms with Gasteiger partial charge in [-0.05, 0) is 49.1 Å². The van der Waals surface area contributed by atoms with Crippen LogP contribution in [0.1, 0.15) is 49.8 Å². The number of carbonyl (C=O) groups excluding carboxylic acids is 1. The van der Waals surface area contributed by atoms with Gasteiger partial charge in [-0.3, -0.25) is 4.79 Å². The van der Waals surface area contributed by atoms with Gasteiger partial charge in [0.15, 0.2) is 6.10 Å². The van der Waals surface area contributed by atoms with Crippen LogP contribution in [-0.2, 0) is 9.53 Å². The number of nitrogens with one attached hydrogen (secondary N) is 2. The van der Waals surface area contributed by atoms with E-state index >= 15 is 0 Å². The fourth-order valence-corrected chi connectivity index (χ4v) is 3.43. The fourth-order valence-electron chi connectivity index (χ4n) is 3.27. The number of carboxylic acids is 1. The number of hydrogen-bond donors (Lipinski definition) is 3. The van der Waals surface area contributed by atoms with Crippen molar-refractivity contribution in [3.8, 4) is 0 Å². The summed E-state index contributed by atoms with van der Waals surface area (Å²) in [4.78, 5) is 23.7. The summed E-state index contributed by atoms with van der Waals surface area (Å²) in [6.07, 6.45) is -6.95. The number of aliphatic carboxylic acids is 1. The van der Waals surface area contributed by atoms with Gasteiger partial charge < -0.3 is 20.5 Å². The van der Waals surface area contributed by atoms with Crippen LogP contribution >= 0.6 is 11.6 Å². The molecule has 6 nitrogen and oxygen atoms in total. The average Bonchev–Trinajstić information content (AvgIpc) is 2.71. The second kappa shape index (κ2) is 11.3. The molecule has 2 aromatic rings. The normalized spacial score (nSPS) is 13.3. The monoisotopic (exact) mass is 490 g/mol. The molecular formula is C22H23ClF4N2O4. The molecule has 0 fully saturated rings. The van der Waals surface area contributed by atoms with Crippen LogP contribution in [0.4, 0.5) is 33.7 Å². The van der Waals surface area contributed by atoms with Crippen molar-refractivity contribution in [2.75, 3.05) is 17.2 Å². The van der Waals surface area contributed by atoms with Crippen LogP contribution < -0.4 is 10.6 Å². The molecule has 2 rings (SSSR count). The molecule has 0 aromatic heterocycles. The van der Waals surface area contributed by atoms with Crippen molar-refractivity contribution in [1.82, 2.24) is 0 Å². The fraction of sp³-hybridized carbons (Fsp3) is 0.364. The number of ether oxygens (including phenoxy) is 1. The van der Waals surface area contributed by atoms with Gasteiger partial charge in [0.25, 0.3) is 0 Å². The predicted molar refractivity (Wildman–Crippen MR) is 116 cm³/mol. The quantitative estimate of drug-likeness (QED) is 0.340. The molecule has 0 aliphatic carbocycles. The second-order valence-corrected chi connectivity index (χ2v) is 7.57. The number of hydrogen-bond acceptors (Lipinski definition) is 3. The summed E-state index contributed by atoms with van der Waals surface area (Å²) >= 11 is 5.68. The lowest BCUT2D eigenvalue weighted by Gasteiger charge is -2.25. The molecule has 0 bridgehead atoms. The summed E-state index contributed by atoms with van der Waals surface area (Å²) in [5, 5.41) is 13.8. The number of benzene rings is 2. The molecule has 0 aliphatic heterocycles. The first kappa shape index (κ1) is 26.4. The third kappa shape index (κ3) is 7.33. The largest absolute Gasteiger partial charge is 0.481 e. The number of halogens is 5. The van der Waals surface area contributed by atoms with Gasteiger partial charge in [0.2, 0.25) is 0 Å². The van der Waals surface area contributed by atoms with Gasteiger partial charge in [0, 0.05) is 22.9 Å². The Morgan fingerprint density at radius 3 is 2.30 bits per heavy atom. The van der Waals surface area contributed by atoms with Crippen molar-refractivity contribution >= 4 is 35.0 Å². The van der Waals surface area contributed by atoms with E-state index in [1.165, 1.54) is 31.2 Å². The Bertz CT molecular complexity index is 1000. The first-order valence-corrected chi connectivity index (χ1v) is 10.4. The topological polar surface area (TPSA) is 87.7 Å². The molecular weight excluding hydrogens is 468 g/mol. The molecule has 0 heterocycles. The van der Waals surface area contributed by atoms with Gasteiger partial charge in [0.1, 0.15) is 5.82 Å². The maximum absolute atomic E-state index is 14.0. The minimum absolute atomic E-state index is 0.0993. The first-order valence-electron chi connectivity index (χ1n) is 10.0. The summed E-state index contributed by atoms with van der Waals surface area (Å²) in [6, 6.07) is 6.31. The Morgan fingerprint density at radius 1 is 1.09 bits per heavy atom. The third-order valence-corrected chi connectivity index (χ3v) is 5.04. The van der Waals surface area contributed by atoms with Crippen LogP contribution in [0.3, 0.4) is 0 Å². The number of anilines is 2. The molecule has 2 amide bonds. The van der Waals surface area contributed by atoms with E-state index in [2.05, 4.69) is 10.6 Å². The lowest BCUT2D eigenvalue weighted by atomic mass is 9.91. The number of carboxylic acid groups (broad SMARTS) is 1. The molecule has 180 valence electrons. The van der Waals surface area contributed by atoms with E-state index in [1.54, 1.807) is 6.92 Å². The SMILES string of the molecule is CCO[C@@H](c1ccc([C@@H](CC)CC(=O)O)cc1NC(=O)Nc1ccc(Cl)cc1F)C(F)(F)F. The second-order valence-electron chi connectivity index (χ2n) is 7.13. The molecule has 0 radical (unpaired) electrons. The summed E-state index contributed by atoms with van der Waals surface area (Å²) < 4.78 is 59.8. The third-order valence-electron chi connectivity index (χ3n) is 4.80. The van der Waals surface area contributed by atoms with Gasteiger partial charge >= 0.3 is 18.2 Å². The van der Waals surface area contributed by atoms with Gasteiger partial charge in [-0.2, -0.15) is 13.2 Å². The maximum Gasteiger partial charge on any atom is 0.418 e. The summed E-state index contributed by atoms with van der Waals surface area (Å²) in [5.74, 6) is -2.40. The van der Waals surface area contributed by atoms with Gasteiger partial charge in [-0.25, -0.2) is 9.18 Å². The molecule has 0 aliphatic rings. The van der Waals surface area contributed by atoms with Crippen molar-refractivity contribution in [3.63, 3.8) is 0 Å². The first-order chi connectivity index (χ1) is 15.5. The molecule has 2 aromatic carbocycles. The van der Waals surface area contributed by atoms with Crippen LogP contribution in [0.15, 0.2) is 36.4 Å². The number of alkyl halides is 3. The van der Waals surface area contributed by atoms with E-state index in [0.29, 0.717) is 12.0 Å². The van der Waals surface area contributed by atoms with Crippen molar-refractivity contribution in [2.45, 2.75) is 44.9 Å². The van der Waals surface area contributed by atoms with E-state index < -0.39 is 36.0 Å². The highest BCUT2D eigenvalue weighted by Crippen LogP contribution is 2.40. The number of rotatable bonds is 9. The zero-order chi connectivity index (χ0) is 24.8. The number of urea groups is 1.